The van der Waals surface area contributed by atoms with E-state index in [-0.39, 0.29) is 11.2 Å². The average molecular weight is 253 g/mol. The summed E-state index contributed by atoms with van der Waals surface area (Å²) in [4.78, 5) is 18.6. The van der Waals surface area contributed by atoms with Crippen molar-refractivity contribution in [3.05, 3.63) is 23.8 Å². The first-order chi connectivity index (χ1) is 8.46. The van der Waals surface area contributed by atoms with E-state index in [0.29, 0.717) is 25.4 Å². The van der Waals surface area contributed by atoms with Gasteiger partial charge in [-0.05, 0) is 20.8 Å². The lowest BCUT2D eigenvalue weighted by Gasteiger charge is -2.25. The zero-order valence-electron chi connectivity index (χ0n) is 10.9. The van der Waals surface area contributed by atoms with Crippen LogP contribution in [0.1, 0.15) is 36.8 Å². The average Bonchev–Trinajstić information content (AvgIpc) is 2.29. The van der Waals surface area contributed by atoms with Crippen LogP contribution in [-0.2, 0) is 11.3 Å². The summed E-state index contributed by atoms with van der Waals surface area (Å²) in [6.07, 6.45) is 2.65. The van der Waals surface area contributed by atoms with Gasteiger partial charge in [0.05, 0.1) is 11.3 Å². The topological polar surface area (TPSA) is 84.3 Å². The SMILES string of the molecule is CCOC(C)(C)CNCc1ncncc1C(=O)O. The number of nitrogens with zero attached hydrogens (tertiary/aromatic N) is 2. The van der Waals surface area contributed by atoms with Gasteiger partial charge >= 0.3 is 5.97 Å². The second kappa shape index (κ2) is 6.42. The lowest BCUT2D eigenvalue weighted by molar-refractivity contribution is -0.00902. The highest BCUT2D eigenvalue weighted by Crippen LogP contribution is 2.08. The number of ether oxygens (including phenoxy) is 1. The lowest BCUT2D eigenvalue weighted by Crippen LogP contribution is -2.37. The third kappa shape index (κ3) is 4.38. The zero-order valence-corrected chi connectivity index (χ0v) is 10.9. The molecule has 0 spiro atoms. The molecule has 0 amide bonds. The molecular formula is C12H19N3O3. The largest absolute Gasteiger partial charge is 0.478 e. The predicted molar refractivity (Wildman–Crippen MR) is 66.4 cm³/mol. The summed E-state index contributed by atoms with van der Waals surface area (Å²) < 4.78 is 5.53. The number of aromatic carboxylic acids is 1. The van der Waals surface area contributed by atoms with Crippen molar-refractivity contribution in [1.82, 2.24) is 15.3 Å². The fourth-order valence-corrected chi connectivity index (χ4v) is 1.60. The van der Waals surface area contributed by atoms with Crippen LogP contribution in [0.5, 0.6) is 0 Å². The highest BCUT2D eigenvalue weighted by Gasteiger charge is 2.18. The Labute approximate surface area is 106 Å². The summed E-state index contributed by atoms with van der Waals surface area (Å²) in [6.45, 7) is 7.52. The van der Waals surface area contributed by atoms with Gasteiger partial charge in [-0.15, -0.1) is 0 Å². The van der Waals surface area contributed by atoms with Crippen molar-refractivity contribution in [2.45, 2.75) is 32.9 Å². The quantitative estimate of drug-likeness (QED) is 0.756. The van der Waals surface area contributed by atoms with E-state index in [0.717, 1.165) is 0 Å². The van der Waals surface area contributed by atoms with Crippen LogP contribution in [0.4, 0.5) is 0 Å². The van der Waals surface area contributed by atoms with Crippen LogP contribution >= 0.6 is 0 Å². The van der Waals surface area contributed by atoms with E-state index in [1.807, 2.05) is 20.8 Å². The molecule has 0 bridgehead atoms. The molecule has 0 atom stereocenters. The van der Waals surface area contributed by atoms with Gasteiger partial charge < -0.3 is 15.2 Å². The van der Waals surface area contributed by atoms with Crippen molar-refractivity contribution in [3.8, 4) is 0 Å². The summed E-state index contributed by atoms with van der Waals surface area (Å²) in [7, 11) is 0. The standard InChI is InChI=1S/C12H19N3O3/c1-4-18-12(2,3)7-13-6-10-9(11(16)17)5-14-8-15-10/h5,8,13H,4,6-7H2,1-3H3,(H,16,17). The molecule has 0 aliphatic rings. The van der Waals surface area contributed by atoms with E-state index in [9.17, 15) is 4.79 Å². The van der Waals surface area contributed by atoms with Gasteiger partial charge in [-0.3, -0.25) is 0 Å². The molecule has 6 heteroatoms. The summed E-state index contributed by atoms with van der Waals surface area (Å²) in [6, 6.07) is 0. The lowest BCUT2D eigenvalue weighted by atomic mass is 10.1. The Morgan fingerprint density at radius 3 is 2.89 bits per heavy atom. The maximum absolute atomic E-state index is 11.0. The van der Waals surface area contributed by atoms with Gasteiger partial charge in [-0.2, -0.15) is 0 Å². The Kier molecular flexibility index (Phi) is 5.18. The molecule has 0 aliphatic heterocycles. The number of aromatic nitrogens is 2. The Bertz CT molecular complexity index is 407. The highest BCUT2D eigenvalue weighted by molar-refractivity contribution is 5.88. The van der Waals surface area contributed by atoms with Gasteiger partial charge in [0.25, 0.3) is 0 Å². The van der Waals surface area contributed by atoms with Crippen molar-refractivity contribution in [3.63, 3.8) is 0 Å². The van der Waals surface area contributed by atoms with E-state index >= 15 is 0 Å². The smallest absolute Gasteiger partial charge is 0.339 e. The van der Waals surface area contributed by atoms with Crippen molar-refractivity contribution < 1.29 is 14.6 Å². The molecule has 0 aromatic carbocycles. The molecule has 100 valence electrons. The van der Waals surface area contributed by atoms with Crippen molar-refractivity contribution in [2.75, 3.05) is 13.2 Å². The minimum Gasteiger partial charge on any atom is -0.478 e. The molecule has 0 unspecified atom stereocenters. The van der Waals surface area contributed by atoms with Crippen molar-refractivity contribution in [2.24, 2.45) is 0 Å². The molecule has 0 fully saturated rings. The summed E-state index contributed by atoms with van der Waals surface area (Å²) in [5.41, 5.74) is 0.314. The van der Waals surface area contributed by atoms with E-state index in [1.165, 1.54) is 12.5 Å². The number of carbonyl (C=O) groups is 1. The molecular weight excluding hydrogens is 234 g/mol. The second-order valence-corrected chi connectivity index (χ2v) is 4.48. The van der Waals surface area contributed by atoms with E-state index < -0.39 is 5.97 Å². The monoisotopic (exact) mass is 253 g/mol. The fourth-order valence-electron chi connectivity index (χ4n) is 1.60. The molecule has 0 saturated carbocycles. The van der Waals surface area contributed by atoms with Gasteiger partial charge in [0.2, 0.25) is 0 Å². The van der Waals surface area contributed by atoms with E-state index in [1.54, 1.807) is 0 Å². The van der Waals surface area contributed by atoms with Crippen LogP contribution in [-0.4, -0.2) is 39.8 Å². The van der Waals surface area contributed by atoms with Crippen molar-refractivity contribution >= 4 is 5.97 Å². The van der Waals surface area contributed by atoms with Crippen LogP contribution in [0.25, 0.3) is 0 Å². The molecule has 1 rings (SSSR count). The number of carboxylic acid groups (broad SMARTS) is 1. The van der Waals surface area contributed by atoms with Crippen LogP contribution in [0.3, 0.4) is 0 Å². The first-order valence-electron chi connectivity index (χ1n) is 5.83. The van der Waals surface area contributed by atoms with Gasteiger partial charge in [0, 0.05) is 25.9 Å². The Hall–Kier alpha value is -1.53. The van der Waals surface area contributed by atoms with Crippen LogP contribution in [0, 0.1) is 0 Å². The minimum atomic E-state index is -1.02. The van der Waals surface area contributed by atoms with Crippen molar-refractivity contribution in [1.29, 1.82) is 0 Å². The first kappa shape index (κ1) is 14.5. The maximum atomic E-state index is 11.0. The van der Waals surface area contributed by atoms with Gasteiger partial charge in [0.1, 0.15) is 11.9 Å². The molecule has 0 radical (unpaired) electrons. The zero-order chi connectivity index (χ0) is 13.6. The van der Waals surface area contributed by atoms with Crippen LogP contribution in [0.15, 0.2) is 12.5 Å². The van der Waals surface area contributed by atoms with Gasteiger partial charge in [-0.1, -0.05) is 0 Å². The van der Waals surface area contributed by atoms with E-state index in [2.05, 4.69) is 15.3 Å². The third-order valence-electron chi connectivity index (χ3n) is 2.40. The summed E-state index contributed by atoms with van der Waals surface area (Å²) in [5.74, 6) is -1.02. The highest BCUT2D eigenvalue weighted by atomic mass is 16.5. The summed E-state index contributed by atoms with van der Waals surface area (Å²) in [5, 5.41) is 12.1. The molecule has 1 aromatic heterocycles. The van der Waals surface area contributed by atoms with Crippen LogP contribution < -0.4 is 5.32 Å². The molecule has 1 heterocycles. The van der Waals surface area contributed by atoms with Gasteiger partial charge in [0.15, 0.2) is 0 Å². The normalized spacial score (nSPS) is 11.5. The second-order valence-electron chi connectivity index (χ2n) is 4.48. The van der Waals surface area contributed by atoms with Gasteiger partial charge in [-0.25, -0.2) is 14.8 Å². The first-order valence-corrected chi connectivity index (χ1v) is 5.83. The Balaban J connectivity index is 2.56. The van der Waals surface area contributed by atoms with Crippen LogP contribution in [0.2, 0.25) is 0 Å². The summed E-state index contributed by atoms with van der Waals surface area (Å²) >= 11 is 0. The molecule has 0 saturated heterocycles. The third-order valence-corrected chi connectivity index (χ3v) is 2.40. The Morgan fingerprint density at radius 1 is 1.56 bits per heavy atom. The number of hydrogen-bond donors (Lipinski definition) is 2. The fraction of sp³-hybridized carbons (Fsp3) is 0.583. The number of rotatable bonds is 7. The molecule has 6 nitrogen and oxygen atoms in total. The molecule has 0 aliphatic carbocycles. The molecule has 1 aromatic rings. The minimum absolute atomic E-state index is 0.124. The number of carboxylic acids is 1. The van der Waals surface area contributed by atoms with E-state index in [4.69, 9.17) is 9.84 Å². The number of hydrogen-bond acceptors (Lipinski definition) is 5. The maximum Gasteiger partial charge on any atom is 0.339 e. The molecule has 2 N–H and O–H groups in total. The molecule has 18 heavy (non-hydrogen) atoms. The predicted octanol–water partition coefficient (Wildman–Crippen LogP) is 1.08. The Morgan fingerprint density at radius 2 is 2.28 bits per heavy atom. The number of nitrogens with one attached hydrogen (secondary N) is 1.